The van der Waals surface area contributed by atoms with E-state index >= 15 is 0 Å². The monoisotopic (exact) mass is 448 g/mol. The molecule has 0 saturated carbocycles. The second kappa shape index (κ2) is 9.27. The zero-order valence-electron chi connectivity index (χ0n) is 15.8. The van der Waals surface area contributed by atoms with E-state index in [1.165, 1.54) is 10.9 Å². The van der Waals surface area contributed by atoms with Crippen molar-refractivity contribution in [1.29, 1.82) is 0 Å². The summed E-state index contributed by atoms with van der Waals surface area (Å²) in [6.07, 6.45) is -1.98. The van der Waals surface area contributed by atoms with Gasteiger partial charge in [0.1, 0.15) is 6.10 Å². The number of rotatable bonds is 4. The number of hydrogen-bond acceptors (Lipinski definition) is 6. The Balaban J connectivity index is 0.000000318. The summed E-state index contributed by atoms with van der Waals surface area (Å²) in [6.45, 7) is 3.46. The lowest BCUT2D eigenvalue weighted by Crippen LogP contribution is -2.65. The Bertz CT molecular complexity index is 841. The van der Waals surface area contributed by atoms with Crippen molar-refractivity contribution in [2.75, 3.05) is 19.7 Å². The molecule has 2 fully saturated rings. The molecule has 0 aliphatic carbocycles. The third-order valence-electron chi connectivity index (χ3n) is 4.68. The molecule has 2 aliphatic heterocycles. The summed E-state index contributed by atoms with van der Waals surface area (Å²) in [5.41, 5.74) is -0.133. The van der Waals surface area contributed by atoms with Crippen molar-refractivity contribution < 1.29 is 36.9 Å². The number of ether oxygens (including phenoxy) is 2. The second-order valence-corrected chi connectivity index (χ2v) is 8.11. The molecule has 0 amide bonds. The van der Waals surface area contributed by atoms with Crippen LogP contribution in [0.4, 0.5) is 17.6 Å². The topological polar surface area (TPSA) is 71.9 Å². The van der Waals surface area contributed by atoms with Crippen molar-refractivity contribution in [3.63, 3.8) is 0 Å². The van der Waals surface area contributed by atoms with Crippen molar-refractivity contribution in [2.45, 2.75) is 37.3 Å². The Labute approximate surface area is 174 Å². The molecule has 30 heavy (non-hydrogen) atoms. The smallest absolute Gasteiger partial charge is 0.475 e. The molecular formula is C19H20F4N2O4S. The number of nitrogens with zero attached hydrogens (tertiary/aromatic N) is 2. The average Bonchev–Trinajstić information content (AvgIpc) is 3.16. The molecule has 2 aromatic rings. The first kappa shape index (κ1) is 22.4. The molecule has 1 atom stereocenters. The van der Waals surface area contributed by atoms with Crippen molar-refractivity contribution in [1.82, 2.24) is 9.88 Å². The van der Waals surface area contributed by atoms with Gasteiger partial charge in [-0.1, -0.05) is 6.07 Å². The molecule has 164 valence electrons. The number of carbonyl (C=O) groups is 1. The number of halogens is 4. The number of aliphatic carboxylic acids is 1. The fourth-order valence-corrected chi connectivity index (χ4v) is 4.17. The predicted molar refractivity (Wildman–Crippen MR) is 99.8 cm³/mol. The lowest BCUT2D eigenvalue weighted by atomic mass is 9.84. The molecule has 1 N–H and O–H groups in total. The predicted octanol–water partition coefficient (Wildman–Crippen LogP) is 3.73. The van der Waals surface area contributed by atoms with Gasteiger partial charge in [-0.25, -0.2) is 14.2 Å². The van der Waals surface area contributed by atoms with Gasteiger partial charge in [-0.05, 0) is 23.6 Å². The van der Waals surface area contributed by atoms with Crippen LogP contribution in [-0.4, -0.2) is 58.5 Å². The van der Waals surface area contributed by atoms with Crippen LogP contribution >= 0.6 is 11.3 Å². The van der Waals surface area contributed by atoms with E-state index in [0.29, 0.717) is 6.61 Å². The van der Waals surface area contributed by atoms with Gasteiger partial charge in [-0.3, -0.25) is 4.90 Å². The highest BCUT2D eigenvalue weighted by atomic mass is 32.1. The van der Waals surface area contributed by atoms with E-state index in [1.54, 1.807) is 23.6 Å². The number of aromatic nitrogens is 1. The minimum absolute atomic E-state index is 0.0305. The SMILES string of the molecule is Fc1cccnc1OC1CCOC2(C1)CN(Cc1cccs1)C2.O=C(O)C(F)(F)F. The van der Waals surface area contributed by atoms with E-state index in [4.69, 9.17) is 19.4 Å². The summed E-state index contributed by atoms with van der Waals surface area (Å²) in [6, 6.07) is 7.19. The quantitative estimate of drug-likeness (QED) is 0.719. The van der Waals surface area contributed by atoms with Crippen molar-refractivity contribution in [3.8, 4) is 5.88 Å². The van der Waals surface area contributed by atoms with Gasteiger partial charge in [0.15, 0.2) is 5.82 Å². The highest BCUT2D eigenvalue weighted by molar-refractivity contribution is 7.09. The Kier molecular flexibility index (Phi) is 6.94. The highest BCUT2D eigenvalue weighted by Crippen LogP contribution is 2.36. The third kappa shape index (κ3) is 5.89. The van der Waals surface area contributed by atoms with Gasteiger partial charge in [-0.2, -0.15) is 13.2 Å². The van der Waals surface area contributed by atoms with Crippen molar-refractivity contribution >= 4 is 17.3 Å². The minimum Gasteiger partial charge on any atom is -0.475 e. The fourth-order valence-electron chi connectivity index (χ4n) is 3.42. The Morgan fingerprint density at radius 1 is 1.37 bits per heavy atom. The normalized spacial score (nSPS) is 20.7. The maximum absolute atomic E-state index is 13.7. The number of alkyl halides is 3. The highest BCUT2D eigenvalue weighted by Gasteiger charge is 2.48. The van der Waals surface area contributed by atoms with Crippen molar-refractivity contribution in [3.05, 3.63) is 46.5 Å². The molecule has 2 aromatic heterocycles. The van der Waals surface area contributed by atoms with Gasteiger partial charge in [0.05, 0.1) is 12.2 Å². The summed E-state index contributed by atoms with van der Waals surface area (Å²) in [5.74, 6) is -3.06. The average molecular weight is 448 g/mol. The number of carboxylic acids is 1. The van der Waals surface area contributed by atoms with Gasteiger partial charge in [0, 0.05) is 43.5 Å². The molecule has 1 unspecified atom stereocenters. The van der Waals surface area contributed by atoms with Crippen LogP contribution in [0.3, 0.4) is 0 Å². The summed E-state index contributed by atoms with van der Waals surface area (Å²) in [4.78, 5) is 16.6. The number of hydrogen-bond donors (Lipinski definition) is 1. The van der Waals surface area contributed by atoms with E-state index in [9.17, 15) is 17.6 Å². The molecule has 4 rings (SSSR count). The first-order valence-electron chi connectivity index (χ1n) is 9.13. The summed E-state index contributed by atoms with van der Waals surface area (Å²) in [7, 11) is 0. The largest absolute Gasteiger partial charge is 0.490 e. The Hall–Kier alpha value is -2.24. The van der Waals surface area contributed by atoms with E-state index < -0.39 is 18.0 Å². The molecule has 1 spiro atoms. The number of pyridine rings is 1. The minimum atomic E-state index is -5.08. The van der Waals surface area contributed by atoms with Crippen LogP contribution in [0.25, 0.3) is 0 Å². The van der Waals surface area contributed by atoms with Gasteiger partial charge in [-0.15, -0.1) is 11.3 Å². The van der Waals surface area contributed by atoms with E-state index in [-0.39, 0.29) is 17.6 Å². The van der Waals surface area contributed by atoms with Gasteiger partial charge < -0.3 is 14.6 Å². The second-order valence-electron chi connectivity index (χ2n) is 7.08. The van der Waals surface area contributed by atoms with Crippen LogP contribution in [0, 0.1) is 5.82 Å². The number of carboxylic acid groups (broad SMARTS) is 1. The zero-order chi connectivity index (χ0) is 21.8. The summed E-state index contributed by atoms with van der Waals surface area (Å²) in [5, 5.41) is 9.23. The van der Waals surface area contributed by atoms with Gasteiger partial charge in [0.2, 0.25) is 0 Å². The maximum atomic E-state index is 13.7. The molecular weight excluding hydrogens is 428 g/mol. The Morgan fingerprint density at radius 3 is 2.70 bits per heavy atom. The van der Waals surface area contributed by atoms with Gasteiger partial charge >= 0.3 is 12.1 Å². The molecule has 2 saturated heterocycles. The first-order chi connectivity index (χ1) is 14.2. The molecule has 4 heterocycles. The number of likely N-dealkylation sites (tertiary alicyclic amines) is 1. The van der Waals surface area contributed by atoms with Crippen LogP contribution < -0.4 is 4.74 Å². The van der Waals surface area contributed by atoms with Crippen molar-refractivity contribution in [2.24, 2.45) is 0 Å². The standard InChI is InChI=1S/C17H19FN2O2S.C2HF3O2/c18-15-4-1-6-19-16(15)22-13-5-7-21-17(9-13)11-20(12-17)10-14-3-2-8-23-14;3-2(4,5)1(6)7/h1-4,6,8,13H,5,7,9-12H2;(H,6,7). The van der Waals surface area contributed by atoms with Crippen LogP contribution in [-0.2, 0) is 16.1 Å². The maximum Gasteiger partial charge on any atom is 0.490 e. The molecule has 0 radical (unpaired) electrons. The first-order valence-corrected chi connectivity index (χ1v) is 10.0. The van der Waals surface area contributed by atoms with Crippen LogP contribution in [0.15, 0.2) is 35.8 Å². The summed E-state index contributed by atoms with van der Waals surface area (Å²) < 4.78 is 57.2. The zero-order valence-corrected chi connectivity index (χ0v) is 16.6. The molecule has 2 aliphatic rings. The molecule has 6 nitrogen and oxygen atoms in total. The van der Waals surface area contributed by atoms with Crippen LogP contribution in [0.5, 0.6) is 5.88 Å². The third-order valence-corrected chi connectivity index (χ3v) is 5.54. The van der Waals surface area contributed by atoms with Gasteiger partial charge in [0.25, 0.3) is 5.88 Å². The number of thiophene rings is 1. The Morgan fingerprint density at radius 2 is 2.10 bits per heavy atom. The molecule has 0 bridgehead atoms. The fraction of sp³-hybridized carbons (Fsp3) is 0.474. The van der Waals surface area contributed by atoms with E-state index in [1.807, 2.05) is 0 Å². The lowest BCUT2D eigenvalue weighted by molar-refractivity contribution is -0.192. The molecule has 0 aromatic carbocycles. The van der Waals surface area contributed by atoms with Crippen LogP contribution in [0.2, 0.25) is 0 Å². The lowest BCUT2D eigenvalue weighted by Gasteiger charge is -2.53. The summed E-state index contributed by atoms with van der Waals surface area (Å²) >= 11 is 1.78. The van der Waals surface area contributed by atoms with E-state index in [2.05, 4.69) is 27.4 Å². The van der Waals surface area contributed by atoms with E-state index in [0.717, 1.165) is 32.5 Å². The van der Waals surface area contributed by atoms with Crippen LogP contribution in [0.1, 0.15) is 17.7 Å². The molecule has 11 heteroatoms.